The third-order valence-electron chi connectivity index (χ3n) is 2.66. The van der Waals surface area contributed by atoms with Gasteiger partial charge in [0.1, 0.15) is 6.61 Å². The lowest BCUT2D eigenvalue weighted by atomic mass is 10.1. The van der Waals surface area contributed by atoms with E-state index in [2.05, 4.69) is 6.92 Å². The minimum atomic E-state index is -0.367. The van der Waals surface area contributed by atoms with Gasteiger partial charge < -0.3 is 9.47 Å². The van der Waals surface area contributed by atoms with E-state index in [1.807, 2.05) is 13.8 Å². The molecule has 0 fully saturated rings. The Morgan fingerprint density at radius 2 is 1.84 bits per heavy atom. The number of hydrogen-bond donors (Lipinski definition) is 0. The highest BCUT2D eigenvalue weighted by molar-refractivity contribution is 5.77. The molecule has 0 radical (unpaired) electrons. The smallest absolute Gasteiger partial charge is 0.306 e. The number of esters is 2. The molecular weight excluding hydrogens is 244 g/mol. The lowest BCUT2D eigenvalue weighted by Crippen LogP contribution is -2.16. The van der Waals surface area contributed by atoms with E-state index < -0.39 is 0 Å². The Morgan fingerprint density at radius 1 is 1.16 bits per heavy atom. The highest BCUT2D eigenvalue weighted by atomic mass is 16.5. The maximum atomic E-state index is 11.5. The van der Waals surface area contributed by atoms with Gasteiger partial charge in [-0.15, -0.1) is 0 Å². The Bertz CT molecular complexity index is 284. The highest BCUT2D eigenvalue weighted by Gasteiger charge is 2.12. The Kier molecular flexibility index (Phi) is 10.9. The van der Waals surface area contributed by atoms with Crippen molar-refractivity contribution in [2.45, 2.75) is 65.4 Å². The van der Waals surface area contributed by atoms with Crippen LogP contribution in [0.4, 0.5) is 0 Å². The van der Waals surface area contributed by atoms with Crippen LogP contribution < -0.4 is 0 Å². The molecule has 0 saturated carbocycles. The molecule has 0 heterocycles. The molecule has 0 amide bonds. The molecule has 19 heavy (non-hydrogen) atoms. The van der Waals surface area contributed by atoms with Crippen molar-refractivity contribution < 1.29 is 19.1 Å². The third-order valence-corrected chi connectivity index (χ3v) is 2.66. The summed E-state index contributed by atoms with van der Waals surface area (Å²) in [6, 6.07) is 0. The van der Waals surface area contributed by atoms with Crippen LogP contribution >= 0.6 is 0 Å². The Labute approximate surface area is 116 Å². The Balaban J connectivity index is 3.65. The van der Waals surface area contributed by atoms with E-state index in [0.29, 0.717) is 0 Å². The summed E-state index contributed by atoms with van der Waals surface area (Å²) in [5.74, 6) is -0.694. The second-order valence-electron chi connectivity index (χ2n) is 4.55. The van der Waals surface area contributed by atoms with Gasteiger partial charge >= 0.3 is 11.9 Å². The molecule has 0 N–H and O–H groups in total. The zero-order valence-electron chi connectivity index (χ0n) is 12.3. The Hall–Kier alpha value is -1.32. The number of allylic oxidation sites excluding steroid dienone is 1. The van der Waals surface area contributed by atoms with Crippen LogP contribution in [-0.2, 0) is 19.1 Å². The topological polar surface area (TPSA) is 52.6 Å². The van der Waals surface area contributed by atoms with Crippen LogP contribution in [0.5, 0.6) is 0 Å². The zero-order valence-corrected chi connectivity index (χ0v) is 12.3. The molecule has 0 saturated heterocycles. The third kappa shape index (κ3) is 11.5. The van der Waals surface area contributed by atoms with Gasteiger partial charge in [-0.1, -0.05) is 31.9 Å². The minimum absolute atomic E-state index is 0.0712. The second-order valence-corrected chi connectivity index (χ2v) is 4.55. The number of carbonyl (C=O) groups excluding carboxylic acids is 2. The monoisotopic (exact) mass is 270 g/mol. The molecule has 0 spiro atoms. The fourth-order valence-electron chi connectivity index (χ4n) is 1.54. The van der Waals surface area contributed by atoms with Gasteiger partial charge in [0.2, 0.25) is 0 Å². The second kappa shape index (κ2) is 11.8. The van der Waals surface area contributed by atoms with Crippen LogP contribution in [-0.4, -0.2) is 24.6 Å². The first-order chi connectivity index (χ1) is 9.10. The standard InChI is InChI=1S/C15H26O4/c1-4-6-8-9-13(3)19-15(17)11-10-14(16)18-12-7-5-2/h5,7,13H,4,6,8-12H2,1-3H3/b7-5+. The maximum Gasteiger partial charge on any atom is 0.306 e. The largest absolute Gasteiger partial charge is 0.463 e. The van der Waals surface area contributed by atoms with Gasteiger partial charge in [-0.2, -0.15) is 0 Å². The van der Waals surface area contributed by atoms with Crippen molar-refractivity contribution in [3.05, 3.63) is 12.2 Å². The molecule has 0 aromatic carbocycles. The van der Waals surface area contributed by atoms with Crippen molar-refractivity contribution in [1.29, 1.82) is 0 Å². The molecule has 4 nitrogen and oxygen atoms in total. The quantitative estimate of drug-likeness (QED) is 0.347. The van der Waals surface area contributed by atoms with E-state index in [1.54, 1.807) is 12.2 Å². The molecular formula is C15H26O4. The van der Waals surface area contributed by atoms with Gasteiger partial charge in [0, 0.05) is 0 Å². The first kappa shape index (κ1) is 17.7. The molecule has 0 bridgehead atoms. The zero-order chi connectivity index (χ0) is 14.5. The predicted molar refractivity (Wildman–Crippen MR) is 74.7 cm³/mol. The summed E-state index contributed by atoms with van der Waals surface area (Å²) in [4.78, 5) is 22.7. The maximum absolute atomic E-state index is 11.5. The number of ether oxygens (including phenoxy) is 2. The first-order valence-corrected chi connectivity index (χ1v) is 7.06. The van der Waals surface area contributed by atoms with Crippen LogP contribution in [0.2, 0.25) is 0 Å². The molecule has 0 aromatic rings. The molecule has 0 aliphatic heterocycles. The van der Waals surface area contributed by atoms with Crippen molar-refractivity contribution in [1.82, 2.24) is 0 Å². The SMILES string of the molecule is C/C=C/COC(=O)CCC(=O)OC(C)CCCCC. The molecule has 0 aromatic heterocycles. The lowest BCUT2D eigenvalue weighted by Gasteiger charge is -2.12. The van der Waals surface area contributed by atoms with Crippen molar-refractivity contribution in [3.63, 3.8) is 0 Å². The number of hydrogen-bond acceptors (Lipinski definition) is 4. The number of carbonyl (C=O) groups is 2. The first-order valence-electron chi connectivity index (χ1n) is 7.06. The van der Waals surface area contributed by atoms with Gasteiger partial charge in [-0.25, -0.2) is 0 Å². The average molecular weight is 270 g/mol. The molecule has 4 heteroatoms. The summed E-state index contributed by atoms with van der Waals surface area (Å²) in [6.45, 7) is 6.14. The normalized spacial score (nSPS) is 12.4. The highest BCUT2D eigenvalue weighted by Crippen LogP contribution is 2.08. The van der Waals surface area contributed by atoms with E-state index in [0.717, 1.165) is 25.7 Å². The van der Waals surface area contributed by atoms with E-state index in [1.165, 1.54) is 0 Å². The molecule has 0 aliphatic rings. The van der Waals surface area contributed by atoms with Gasteiger partial charge in [-0.3, -0.25) is 9.59 Å². The van der Waals surface area contributed by atoms with Crippen molar-refractivity contribution in [2.24, 2.45) is 0 Å². The van der Waals surface area contributed by atoms with Gasteiger partial charge in [0.05, 0.1) is 18.9 Å². The van der Waals surface area contributed by atoms with Gasteiger partial charge in [0.15, 0.2) is 0 Å². The number of unbranched alkanes of at least 4 members (excludes halogenated alkanes) is 2. The van der Waals surface area contributed by atoms with Crippen molar-refractivity contribution in [2.75, 3.05) is 6.61 Å². The molecule has 0 rings (SSSR count). The fourth-order valence-corrected chi connectivity index (χ4v) is 1.54. The predicted octanol–water partition coefficient (Wildman–Crippen LogP) is 3.40. The van der Waals surface area contributed by atoms with Gasteiger partial charge in [-0.05, 0) is 26.7 Å². The fraction of sp³-hybridized carbons (Fsp3) is 0.733. The van der Waals surface area contributed by atoms with Gasteiger partial charge in [0.25, 0.3) is 0 Å². The van der Waals surface area contributed by atoms with E-state index in [-0.39, 0.29) is 37.5 Å². The lowest BCUT2D eigenvalue weighted by molar-refractivity contribution is -0.152. The van der Waals surface area contributed by atoms with E-state index in [9.17, 15) is 9.59 Å². The van der Waals surface area contributed by atoms with Crippen molar-refractivity contribution >= 4 is 11.9 Å². The summed E-state index contributed by atoms with van der Waals surface area (Å²) in [5, 5.41) is 0. The minimum Gasteiger partial charge on any atom is -0.463 e. The summed E-state index contributed by atoms with van der Waals surface area (Å²) >= 11 is 0. The average Bonchev–Trinajstić information content (AvgIpc) is 2.37. The van der Waals surface area contributed by atoms with Crippen LogP contribution in [0.1, 0.15) is 59.3 Å². The summed E-state index contributed by atoms with van der Waals surface area (Å²) in [6.07, 6.45) is 7.90. The molecule has 1 atom stereocenters. The van der Waals surface area contributed by atoms with Crippen LogP contribution in [0.15, 0.2) is 12.2 Å². The van der Waals surface area contributed by atoms with E-state index >= 15 is 0 Å². The van der Waals surface area contributed by atoms with Crippen molar-refractivity contribution in [3.8, 4) is 0 Å². The number of rotatable bonds is 10. The van der Waals surface area contributed by atoms with Crippen LogP contribution in [0.25, 0.3) is 0 Å². The summed E-state index contributed by atoms with van der Waals surface area (Å²) in [5.41, 5.74) is 0. The molecule has 110 valence electrons. The van der Waals surface area contributed by atoms with E-state index in [4.69, 9.17) is 9.47 Å². The molecule has 1 unspecified atom stereocenters. The van der Waals surface area contributed by atoms with Crippen LogP contribution in [0.3, 0.4) is 0 Å². The molecule has 0 aliphatic carbocycles. The summed E-state index contributed by atoms with van der Waals surface area (Å²) in [7, 11) is 0. The Morgan fingerprint density at radius 3 is 2.47 bits per heavy atom. The van der Waals surface area contributed by atoms with Crippen LogP contribution in [0, 0.1) is 0 Å². The summed E-state index contributed by atoms with van der Waals surface area (Å²) < 4.78 is 10.1.